The summed E-state index contributed by atoms with van der Waals surface area (Å²) in [6.07, 6.45) is 1.19. The van der Waals surface area contributed by atoms with E-state index in [9.17, 15) is 8.78 Å². The predicted molar refractivity (Wildman–Crippen MR) is 49.1 cm³/mol. The zero-order valence-corrected chi connectivity index (χ0v) is 8.07. The fraction of sp³-hybridized carbons (Fsp3) is 0.500. The molecular weight excluding hydrogens is 208 g/mol. The standard InChI is InChI=1S/C8H11F2N3O2/c1-15-7-2-6(12-5-13-7)11-3-8(9,10)4-14/h2,5,14H,3-4H2,1H3,(H,11,12,13). The van der Waals surface area contributed by atoms with Crippen LogP contribution < -0.4 is 10.1 Å². The van der Waals surface area contributed by atoms with E-state index in [1.807, 2.05) is 0 Å². The summed E-state index contributed by atoms with van der Waals surface area (Å²) in [6.45, 7) is -1.90. The molecule has 0 radical (unpaired) electrons. The summed E-state index contributed by atoms with van der Waals surface area (Å²) in [6, 6.07) is 1.38. The quantitative estimate of drug-likeness (QED) is 0.755. The van der Waals surface area contributed by atoms with Gasteiger partial charge in [0.15, 0.2) is 0 Å². The number of ether oxygens (including phenoxy) is 1. The second kappa shape index (κ2) is 4.83. The molecule has 0 amide bonds. The van der Waals surface area contributed by atoms with Gasteiger partial charge in [-0.15, -0.1) is 0 Å². The largest absolute Gasteiger partial charge is 0.481 e. The Hall–Kier alpha value is -1.50. The highest BCUT2D eigenvalue weighted by molar-refractivity contribution is 5.37. The van der Waals surface area contributed by atoms with Gasteiger partial charge in [0.25, 0.3) is 5.92 Å². The van der Waals surface area contributed by atoms with Crippen LogP contribution in [0, 0.1) is 0 Å². The first-order valence-corrected chi connectivity index (χ1v) is 4.16. The van der Waals surface area contributed by atoms with E-state index in [4.69, 9.17) is 9.84 Å². The lowest BCUT2D eigenvalue weighted by Gasteiger charge is -2.14. The van der Waals surface area contributed by atoms with Gasteiger partial charge in [-0.1, -0.05) is 0 Å². The summed E-state index contributed by atoms with van der Waals surface area (Å²) in [5.41, 5.74) is 0. The third kappa shape index (κ3) is 3.62. The number of aliphatic hydroxyl groups is 1. The predicted octanol–water partition coefficient (Wildman–Crippen LogP) is 0.525. The van der Waals surface area contributed by atoms with E-state index >= 15 is 0 Å². The van der Waals surface area contributed by atoms with Gasteiger partial charge in [-0.2, -0.15) is 0 Å². The van der Waals surface area contributed by atoms with Crippen molar-refractivity contribution >= 4 is 5.82 Å². The number of nitrogens with zero attached hydrogens (tertiary/aromatic N) is 2. The average Bonchev–Trinajstić information content (AvgIpc) is 2.27. The van der Waals surface area contributed by atoms with Gasteiger partial charge in [-0.3, -0.25) is 0 Å². The molecule has 0 saturated heterocycles. The number of hydrogen-bond acceptors (Lipinski definition) is 5. The van der Waals surface area contributed by atoms with Crippen LogP contribution in [0.1, 0.15) is 0 Å². The highest BCUT2D eigenvalue weighted by atomic mass is 19.3. The molecule has 0 bridgehead atoms. The van der Waals surface area contributed by atoms with Crippen molar-refractivity contribution in [2.75, 3.05) is 25.6 Å². The number of alkyl halides is 2. The van der Waals surface area contributed by atoms with E-state index < -0.39 is 19.1 Å². The molecule has 1 rings (SSSR count). The Morgan fingerprint density at radius 1 is 1.53 bits per heavy atom. The van der Waals surface area contributed by atoms with Crippen LogP contribution in [0.25, 0.3) is 0 Å². The molecular formula is C8H11F2N3O2. The van der Waals surface area contributed by atoms with Gasteiger partial charge in [0.05, 0.1) is 13.7 Å². The van der Waals surface area contributed by atoms with E-state index in [2.05, 4.69) is 15.3 Å². The lowest BCUT2D eigenvalue weighted by atomic mass is 10.3. The molecule has 84 valence electrons. The Labute approximate surface area is 85.1 Å². The zero-order chi connectivity index (χ0) is 11.3. The van der Waals surface area contributed by atoms with Gasteiger partial charge in [0.1, 0.15) is 18.8 Å². The van der Waals surface area contributed by atoms with Crippen molar-refractivity contribution in [1.82, 2.24) is 9.97 Å². The topological polar surface area (TPSA) is 67.3 Å². The molecule has 0 aliphatic heterocycles. The first-order valence-electron chi connectivity index (χ1n) is 4.16. The highest BCUT2D eigenvalue weighted by Crippen LogP contribution is 2.15. The molecule has 0 fully saturated rings. The van der Waals surface area contributed by atoms with E-state index in [0.29, 0.717) is 0 Å². The molecule has 15 heavy (non-hydrogen) atoms. The number of nitrogens with one attached hydrogen (secondary N) is 1. The van der Waals surface area contributed by atoms with Crippen molar-refractivity contribution in [2.24, 2.45) is 0 Å². The van der Waals surface area contributed by atoms with Crippen molar-refractivity contribution in [1.29, 1.82) is 0 Å². The molecule has 5 nitrogen and oxygen atoms in total. The molecule has 0 unspecified atom stereocenters. The maximum Gasteiger partial charge on any atom is 0.287 e. The molecule has 7 heteroatoms. The van der Waals surface area contributed by atoms with Crippen molar-refractivity contribution in [3.63, 3.8) is 0 Å². The molecule has 0 saturated carbocycles. The normalized spacial score (nSPS) is 11.2. The van der Waals surface area contributed by atoms with E-state index in [0.717, 1.165) is 0 Å². The molecule has 0 atom stereocenters. The minimum atomic E-state index is -3.17. The molecule has 0 aliphatic rings. The smallest absolute Gasteiger partial charge is 0.287 e. The first-order chi connectivity index (χ1) is 7.07. The number of rotatable bonds is 5. The molecule has 2 N–H and O–H groups in total. The average molecular weight is 219 g/mol. The SMILES string of the molecule is COc1cc(NCC(F)(F)CO)ncn1. The molecule has 1 aromatic heterocycles. The number of aliphatic hydroxyl groups excluding tert-OH is 1. The van der Waals surface area contributed by atoms with Gasteiger partial charge >= 0.3 is 0 Å². The number of aromatic nitrogens is 2. The Balaban J connectivity index is 2.57. The van der Waals surface area contributed by atoms with Crippen LogP contribution in [-0.4, -0.2) is 41.3 Å². The summed E-state index contributed by atoms with van der Waals surface area (Å²) in [4.78, 5) is 7.42. The monoisotopic (exact) mass is 219 g/mol. The highest BCUT2D eigenvalue weighted by Gasteiger charge is 2.27. The van der Waals surface area contributed by atoms with E-state index in [1.165, 1.54) is 19.5 Å². The second-order valence-electron chi connectivity index (χ2n) is 2.81. The Morgan fingerprint density at radius 3 is 2.87 bits per heavy atom. The van der Waals surface area contributed by atoms with Crippen molar-refractivity contribution in [2.45, 2.75) is 5.92 Å². The summed E-state index contributed by atoms with van der Waals surface area (Å²) in [7, 11) is 1.41. The minimum absolute atomic E-state index is 0.218. The molecule has 1 aromatic rings. The van der Waals surface area contributed by atoms with Crippen LogP contribution in [0.2, 0.25) is 0 Å². The van der Waals surface area contributed by atoms with E-state index in [-0.39, 0.29) is 11.7 Å². The van der Waals surface area contributed by atoms with Crippen LogP contribution in [0.3, 0.4) is 0 Å². The maximum absolute atomic E-state index is 12.6. The Bertz CT molecular complexity index is 323. The van der Waals surface area contributed by atoms with Crippen molar-refractivity contribution < 1.29 is 18.6 Å². The molecule has 1 heterocycles. The van der Waals surface area contributed by atoms with Gasteiger partial charge in [-0.05, 0) is 0 Å². The molecule has 0 aromatic carbocycles. The third-order valence-electron chi connectivity index (χ3n) is 1.61. The lowest BCUT2D eigenvalue weighted by Crippen LogP contribution is -2.31. The fourth-order valence-corrected chi connectivity index (χ4v) is 0.824. The van der Waals surface area contributed by atoms with Crippen LogP contribution in [-0.2, 0) is 0 Å². The van der Waals surface area contributed by atoms with Gasteiger partial charge in [0, 0.05) is 6.07 Å². The lowest BCUT2D eigenvalue weighted by molar-refractivity contribution is -0.0373. The summed E-state index contributed by atoms with van der Waals surface area (Å²) >= 11 is 0. The Morgan fingerprint density at radius 2 is 2.27 bits per heavy atom. The summed E-state index contributed by atoms with van der Waals surface area (Å²) in [5.74, 6) is -2.67. The number of hydrogen-bond donors (Lipinski definition) is 2. The number of halogens is 2. The first kappa shape index (κ1) is 11.6. The van der Waals surface area contributed by atoms with Crippen LogP contribution >= 0.6 is 0 Å². The summed E-state index contributed by atoms with van der Waals surface area (Å²) < 4.78 is 30.1. The second-order valence-corrected chi connectivity index (χ2v) is 2.81. The van der Waals surface area contributed by atoms with Crippen molar-refractivity contribution in [3.8, 4) is 5.88 Å². The van der Waals surface area contributed by atoms with Gasteiger partial charge in [-0.25, -0.2) is 18.7 Å². The number of methoxy groups -OCH3 is 1. The van der Waals surface area contributed by atoms with Gasteiger partial charge in [0.2, 0.25) is 5.88 Å². The van der Waals surface area contributed by atoms with Gasteiger partial charge < -0.3 is 15.2 Å². The van der Waals surface area contributed by atoms with Crippen LogP contribution in [0.4, 0.5) is 14.6 Å². The van der Waals surface area contributed by atoms with Crippen LogP contribution in [0.15, 0.2) is 12.4 Å². The van der Waals surface area contributed by atoms with Crippen molar-refractivity contribution in [3.05, 3.63) is 12.4 Å². The summed E-state index contributed by atoms with van der Waals surface area (Å²) in [5, 5.41) is 10.7. The number of anilines is 1. The Kier molecular flexibility index (Phi) is 3.73. The third-order valence-corrected chi connectivity index (χ3v) is 1.61. The molecule has 0 spiro atoms. The van der Waals surface area contributed by atoms with E-state index in [1.54, 1.807) is 0 Å². The fourth-order valence-electron chi connectivity index (χ4n) is 0.824. The maximum atomic E-state index is 12.6. The molecule has 0 aliphatic carbocycles. The zero-order valence-electron chi connectivity index (χ0n) is 8.07. The minimum Gasteiger partial charge on any atom is -0.481 e. The van der Waals surface area contributed by atoms with Crippen LogP contribution in [0.5, 0.6) is 5.88 Å².